The summed E-state index contributed by atoms with van der Waals surface area (Å²) in [5.41, 5.74) is 0.990. The molecule has 1 unspecified atom stereocenters. The van der Waals surface area contributed by atoms with E-state index in [4.69, 9.17) is 0 Å². The Kier molecular flexibility index (Phi) is 9.26. The van der Waals surface area contributed by atoms with Gasteiger partial charge in [0.15, 0.2) is 20.2 Å². The molecular weight excluding hydrogens is 388 g/mol. The standard InChI is InChI=1S/C23H30O3S2/c1-3-4-5-6-7-11-14-22(24)23(27-20-12-9-8-10-13-20)28(25,26)21-17-15-19(2)16-18-21/h8-10,12-13,15-18,23H,3-7,11,14H2,1-2H3. The van der Waals surface area contributed by atoms with Gasteiger partial charge >= 0.3 is 0 Å². The van der Waals surface area contributed by atoms with E-state index in [1.807, 2.05) is 37.3 Å². The van der Waals surface area contributed by atoms with Gasteiger partial charge in [-0.15, -0.1) is 0 Å². The van der Waals surface area contributed by atoms with Crippen LogP contribution in [0, 0.1) is 6.92 Å². The van der Waals surface area contributed by atoms with Crippen molar-refractivity contribution < 1.29 is 13.2 Å². The number of ketones is 1. The lowest BCUT2D eigenvalue weighted by molar-refractivity contribution is -0.117. The molecule has 0 saturated heterocycles. The molecule has 28 heavy (non-hydrogen) atoms. The molecule has 0 heterocycles. The van der Waals surface area contributed by atoms with Crippen LogP contribution in [0.2, 0.25) is 0 Å². The van der Waals surface area contributed by atoms with E-state index < -0.39 is 14.4 Å². The summed E-state index contributed by atoms with van der Waals surface area (Å²) >= 11 is 1.14. The molecule has 0 saturated carbocycles. The van der Waals surface area contributed by atoms with Crippen LogP contribution < -0.4 is 0 Å². The van der Waals surface area contributed by atoms with Crippen LogP contribution in [0.3, 0.4) is 0 Å². The number of sulfone groups is 1. The maximum absolute atomic E-state index is 13.2. The van der Waals surface area contributed by atoms with Gasteiger partial charge in [0.1, 0.15) is 0 Å². The van der Waals surface area contributed by atoms with Crippen LogP contribution >= 0.6 is 11.8 Å². The summed E-state index contributed by atoms with van der Waals surface area (Å²) < 4.78 is 25.3. The molecule has 0 aliphatic carbocycles. The first kappa shape index (κ1) is 22.7. The number of hydrogen-bond acceptors (Lipinski definition) is 4. The Morgan fingerprint density at radius 1 is 0.893 bits per heavy atom. The van der Waals surface area contributed by atoms with Crippen LogP contribution in [0.25, 0.3) is 0 Å². The Morgan fingerprint density at radius 2 is 1.50 bits per heavy atom. The van der Waals surface area contributed by atoms with Gasteiger partial charge < -0.3 is 0 Å². The van der Waals surface area contributed by atoms with Gasteiger partial charge in [-0.05, 0) is 37.6 Å². The Labute approximate surface area is 173 Å². The van der Waals surface area contributed by atoms with Gasteiger partial charge in [-0.3, -0.25) is 4.79 Å². The van der Waals surface area contributed by atoms with E-state index >= 15 is 0 Å². The number of carbonyl (C=O) groups excluding carboxylic acids is 1. The van der Waals surface area contributed by atoms with Crippen molar-refractivity contribution in [1.29, 1.82) is 0 Å². The van der Waals surface area contributed by atoms with Crippen molar-refractivity contribution in [3.8, 4) is 0 Å². The highest BCUT2D eigenvalue weighted by Crippen LogP contribution is 2.32. The number of rotatable bonds is 12. The smallest absolute Gasteiger partial charge is 0.198 e. The van der Waals surface area contributed by atoms with Gasteiger partial charge in [0, 0.05) is 11.3 Å². The third kappa shape index (κ3) is 6.78. The van der Waals surface area contributed by atoms with Crippen molar-refractivity contribution in [1.82, 2.24) is 0 Å². The average Bonchev–Trinajstić information content (AvgIpc) is 2.69. The molecular formula is C23H30O3S2. The zero-order valence-corrected chi connectivity index (χ0v) is 18.4. The van der Waals surface area contributed by atoms with E-state index in [1.165, 1.54) is 19.3 Å². The van der Waals surface area contributed by atoms with Crippen molar-refractivity contribution in [3.05, 3.63) is 60.2 Å². The van der Waals surface area contributed by atoms with E-state index in [1.54, 1.807) is 24.3 Å². The first-order valence-corrected chi connectivity index (χ1v) is 12.4. The molecule has 0 aliphatic rings. The molecule has 0 aliphatic heterocycles. The fourth-order valence-electron chi connectivity index (χ4n) is 2.97. The van der Waals surface area contributed by atoms with Gasteiger partial charge in [-0.25, -0.2) is 8.42 Å². The van der Waals surface area contributed by atoms with Gasteiger partial charge in [0.25, 0.3) is 0 Å². The molecule has 3 nitrogen and oxygen atoms in total. The zero-order chi connectivity index (χ0) is 20.4. The number of aryl methyl sites for hydroxylation is 1. The van der Waals surface area contributed by atoms with E-state index in [2.05, 4.69) is 6.92 Å². The minimum atomic E-state index is -3.75. The SMILES string of the molecule is CCCCCCCCC(=O)C(Sc1ccccc1)S(=O)(=O)c1ccc(C)cc1. The highest BCUT2D eigenvalue weighted by molar-refractivity contribution is 8.14. The lowest BCUT2D eigenvalue weighted by Gasteiger charge is -2.17. The van der Waals surface area contributed by atoms with E-state index in [9.17, 15) is 13.2 Å². The summed E-state index contributed by atoms with van der Waals surface area (Å²) in [6.07, 6.45) is 6.70. The third-order valence-corrected chi connectivity index (χ3v) is 8.48. The highest BCUT2D eigenvalue weighted by Gasteiger charge is 2.34. The quantitative estimate of drug-likeness (QED) is 0.304. The number of unbranched alkanes of at least 4 members (excludes halogenated alkanes) is 5. The van der Waals surface area contributed by atoms with E-state index in [0.717, 1.165) is 41.5 Å². The zero-order valence-electron chi connectivity index (χ0n) is 16.8. The number of thioether (sulfide) groups is 1. The predicted molar refractivity (Wildman–Crippen MR) is 117 cm³/mol. The Morgan fingerprint density at radius 3 is 2.14 bits per heavy atom. The molecule has 1 atom stereocenters. The molecule has 0 amide bonds. The lowest BCUT2D eigenvalue weighted by Crippen LogP contribution is -2.27. The van der Waals surface area contributed by atoms with Gasteiger partial charge in [0.2, 0.25) is 0 Å². The normalized spacial score (nSPS) is 12.6. The van der Waals surface area contributed by atoms with E-state index in [-0.39, 0.29) is 10.7 Å². The highest BCUT2D eigenvalue weighted by atomic mass is 32.3. The summed E-state index contributed by atoms with van der Waals surface area (Å²) in [6.45, 7) is 4.08. The maximum Gasteiger partial charge on any atom is 0.198 e. The fourth-order valence-corrected chi connectivity index (χ4v) is 6.18. The second kappa shape index (κ2) is 11.4. The largest absolute Gasteiger partial charge is 0.297 e. The van der Waals surface area contributed by atoms with Gasteiger partial charge in [0.05, 0.1) is 4.90 Å². The summed E-state index contributed by atoms with van der Waals surface area (Å²) in [6, 6.07) is 16.0. The first-order valence-electron chi connectivity index (χ1n) is 10.00. The van der Waals surface area contributed by atoms with Crippen LogP contribution in [-0.2, 0) is 14.6 Å². The molecule has 5 heteroatoms. The number of Topliss-reactive ketones (excluding diaryl/α,β-unsaturated/α-hetero) is 1. The topological polar surface area (TPSA) is 51.2 Å². The Balaban J connectivity index is 2.14. The maximum atomic E-state index is 13.2. The van der Waals surface area contributed by atoms with Crippen molar-refractivity contribution in [2.45, 2.75) is 73.2 Å². The van der Waals surface area contributed by atoms with Crippen molar-refractivity contribution in [3.63, 3.8) is 0 Å². The third-order valence-electron chi connectivity index (χ3n) is 4.66. The molecule has 0 bridgehead atoms. The Hall–Kier alpha value is -1.59. The lowest BCUT2D eigenvalue weighted by atomic mass is 10.1. The molecule has 0 fully saturated rings. The van der Waals surface area contributed by atoms with Crippen LogP contribution in [0.1, 0.15) is 57.4 Å². The van der Waals surface area contributed by atoms with Crippen LogP contribution in [0.15, 0.2) is 64.4 Å². The summed E-state index contributed by atoms with van der Waals surface area (Å²) in [5, 5.41) is 0. The summed E-state index contributed by atoms with van der Waals surface area (Å²) in [7, 11) is -3.75. The number of benzene rings is 2. The molecule has 2 aromatic carbocycles. The van der Waals surface area contributed by atoms with Crippen molar-refractivity contribution in [2.24, 2.45) is 0 Å². The molecule has 0 aromatic heterocycles. The van der Waals surface area contributed by atoms with Crippen LogP contribution in [0.4, 0.5) is 0 Å². The van der Waals surface area contributed by atoms with E-state index in [0.29, 0.717) is 6.42 Å². The van der Waals surface area contributed by atoms with Crippen molar-refractivity contribution in [2.75, 3.05) is 0 Å². The summed E-state index contributed by atoms with van der Waals surface area (Å²) in [5.74, 6) is -0.204. The molecule has 2 aromatic rings. The molecule has 0 N–H and O–H groups in total. The fraction of sp³-hybridized carbons (Fsp3) is 0.435. The predicted octanol–water partition coefficient (Wildman–Crippen LogP) is 6.21. The van der Waals surface area contributed by atoms with Crippen LogP contribution in [-0.4, -0.2) is 18.8 Å². The van der Waals surface area contributed by atoms with Crippen LogP contribution in [0.5, 0.6) is 0 Å². The second-order valence-electron chi connectivity index (χ2n) is 7.10. The Bertz CT molecular complexity index is 828. The number of carbonyl (C=O) groups is 1. The monoisotopic (exact) mass is 418 g/mol. The number of hydrogen-bond donors (Lipinski definition) is 0. The van der Waals surface area contributed by atoms with Crippen molar-refractivity contribution >= 4 is 27.4 Å². The molecule has 2 rings (SSSR count). The second-order valence-corrected chi connectivity index (χ2v) is 10.6. The molecule has 0 spiro atoms. The average molecular weight is 419 g/mol. The van der Waals surface area contributed by atoms with Gasteiger partial charge in [-0.1, -0.05) is 86.7 Å². The first-order chi connectivity index (χ1) is 13.4. The summed E-state index contributed by atoms with van der Waals surface area (Å²) in [4.78, 5) is 13.9. The molecule has 0 radical (unpaired) electrons. The minimum Gasteiger partial charge on any atom is -0.297 e. The van der Waals surface area contributed by atoms with Gasteiger partial charge in [-0.2, -0.15) is 0 Å². The minimum absolute atomic E-state index is 0.204. The molecule has 152 valence electrons.